The first kappa shape index (κ1) is 13.3. The Kier molecular flexibility index (Phi) is 4.34. The van der Waals surface area contributed by atoms with Crippen molar-refractivity contribution in [3.63, 3.8) is 0 Å². The van der Waals surface area contributed by atoms with E-state index in [0.717, 1.165) is 5.56 Å². The van der Waals surface area contributed by atoms with E-state index in [1.807, 2.05) is 30.3 Å². The maximum Gasteiger partial charge on any atom is 0.243 e. The van der Waals surface area contributed by atoms with E-state index in [0.29, 0.717) is 25.9 Å². The number of nitrogens with one attached hydrogen (secondary N) is 1. The molecule has 1 heterocycles. The molecule has 1 fully saturated rings. The van der Waals surface area contributed by atoms with Crippen LogP contribution in [0.15, 0.2) is 43.0 Å². The summed E-state index contributed by atoms with van der Waals surface area (Å²) in [5.74, 6) is -0.0516. The van der Waals surface area contributed by atoms with E-state index in [1.165, 1.54) is 0 Å². The van der Waals surface area contributed by atoms with E-state index < -0.39 is 0 Å². The van der Waals surface area contributed by atoms with Crippen molar-refractivity contribution in [2.75, 3.05) is 6.54 Å². The highest BCUT2D eigenvalue weighted by Gasteiger charge is 2.35. The quantitative estimate of drug-likeness (QED) is 0.813. The highest BCUT2D eigenvalue weighted by molar-refractivity contribution is 5.90. The van der Waals surface area contributed by atoms with E-state index in [1.54, 1.807) is 11.0 Å². The van der Waals surface area contributed by atoms with Crippen LogP contribution in [0.3, 0.4) is 0 Å². The molecule has 4 nitrogen and oxygen atoms in total. The fourth-order valence-electron chi connectivity index (χ4n) is 2.28. The van der Waals surface area contributed by atoms with Crippen LogP contribution in [0, 0.1) is 0 Å². The Hall–Kier alpha value is -2.10. The van der Waals surface area contributed by atoms with E-state index in [2.05, 4.69) is 11.9 Å². The molecule has 1 aromatic rings. The van der Waals surface area contributed by atoms with Crippen molar-refractivity contribution in [2.45, 2.75) is 25.4 Å². The standard InChI is InChI=1S/C15H18N2O2/c1-2-10-16-15(19)13-8-9-14(18)17(13)11-12-6-4-3-5-7-12/h2-7,13H,1,8-11H2,(H,16,19). The van der Waals surface area contributed by atoms with Gasteiger partial charge in [0.2, 0.25) is 11.8 Å². The van der Waals surface area contributed by atoms with Crippen LogP contribution in [0.1, 0.15) is 18.4 Å². The Bertz CT molecular complexity index is 470. The second kappa shape index (κ2) is 6.18. The van der Waals surface area contributed by atoms with Gasteiger partial charge in [0.1, 0.15) is 6.04 Å². The molecule has 1 aliphatic rings. The van der Waals surface area contributed by atoms with Gasteiger partial charge in [0, 0.05) is 19.5 Å². The lowest BCUT2D eigenvalue weighted by atomic mass is 10.1. The van der Waals surface area contributed by atoms with Crippen molar-refractivity contribution >= 4 is 11.8 Å². The first-order valence-electron chi connectivity index (χ1n) is 6.44. The van der Waals surface area contributed by atoms with Gasteiger partial charge in [-0.15, -0.1) is 6.58 Å². The van der Waals surface area contributed by atoms with Crippen LogP contribution >= 0.6 is 0 Å². The largest absolute Gasteiger partial charge is 0.351 e. The molecule has 4 heteroatoms. The third-order valence-corrected chi connectivity index (χ3v) is 3.25. The third kappa shape index (κ3) is 3.22. The van der Waals surface area contributed by atoms with E-state index in [-0.39, 0.29) is 17.9 Å². The summed E-state index contributed by atoms with van der Waals surface area (Å²) < 4.78 is 0. The second-order valence-electron chi connectivity index (χ2n) is 4.60. The predicted octanol–water partition coefficient (Wildman–Crippen LogP) is 1.48. The molecule has 1 aliphatic heterocycles. The van der Waals surface area contributed by atoms with Crippen LogP contribution in [0.2, 0.25) is 0 Å². The van der Waals surface area contributed by atoms with Gasteiger partial charge in [-0.3, -0.25) is 9.59 Å². The number of carbonyl (C=O) groups excluding carboxylic acids is 2. The molecule has 0 bridgehead atoms. The van der Waals surface area contributed by atoms with Crippen molar-refractivity contribution < 1.29 is 9.59 Å². The molecule has 100 valence electrons. The molecule has 1 atom stereocenters. The normalized spacial score (nSPS) is 18.4. The van der Waals surface area contributed by atoms with Crippen LogP contribution in [-0.4, -0.2) is 29.3 Å². The summed E-state index contributed by atoms with van der Waals surface area (Å²) in [6, 6.07) is 9.37. The third-order valence-electron chi connectivity index (χ3n) is 3.25. The molecular formula is C15H18N2O2. The molecule has 0 saturated carbocycles. The Morgan fingerprint density at radius 3 is 2.84 bits per heavy atom. The number of benzene rings is 1. The topological polar surface area (TPSA) is 49.4 Å². The van der Waals surface area contributed by atoms with Crippen molar-refractivity contribution in [1.82, 2.24) is 10.2 Å². The molecule has 1 saturated heterocycles. The van der Waals surface area contributed by atoms with Gasteiger partial charge in [0.25, 0.3) is 0 Å². The molecule has 0 aliphatic carbocycles. The zero-order chi connectivity index (χ0) is 13.7. The fraction of sp³-hybridized carbons (Fsp3) is 0.333. The summed E-state index contributed by atoms with van der Waals surface area (Å²) in [6.45, 7) is 4.49. The van der Waals surface area contributed by atoms with E-state index >= 15 is 0 Å². The van der Waals surface area contributed by atoms with Crippen LogP contribution < -0.4 is 5.32 Å². The lowest BCUT2D eigenvalue weighted by Crippen LogP contribution is -2.44. The van der Waals surface area contributed by atoms with Gasteiger partial charge in [-0.1, -0.05) is 36.4 Å². The van der Waals surface area contributed by atoms with Gasteiger partial charge in [0.15, 0.2) is 0 Å². The Morgan fingerprint density at radius 2 is 2.16 bits per heavy atom. The van der Waals surface area contributed by atoms with Crippen molar-refractivity contribution in [2.24, 2.45) is 0 Å². The highest BCUT2D eigenvalue weighted by atomic mass is 16.2. The lowest BCUT2D eigenvalue weighted by Gasteiger charge is -2.24. The van der Waals surface area contributed by atoms with Gasteiger partial charge < -0.3 is 10.2 Å². The fourth-order valence-corrected chi connectivity index (χ4v) is 2.28. The smallest absolute Gasteiger partial charge is 0.243 e. The Labute approximate surface area is 113 Å². The van der Waals surface area contributed by atoms with Crippen molar-refractivity contribution in [3.05, 3.63) is 48.6 Å². The van der Waals surface area contributed by atoms with Crippen LogP contribution in [0.25, 0.3) is 0 Å². The summed E-state index contributed by atoms with van der Waals surface area (Å²) in [7, 11) is 0. The van der Waals surface area contributed by atoms with Gasteiger partial charge in [0.05, 0.1) is 0 Å². The maximum atomic E-state index is 12.0. The average Bonchev–Trinajstić information content (AvgIpc) is 2.79. The number of likely N-dealkylation sites (tertiary alicyclic amines) is 1. The van der Waals surface area contributed by atoms with Gasteiger partial charge in [-0.25, -0.2) is 0 Å². The number of hydrogen-bond donors (Lipinski definition) is 1. The molecule has 0 aromatic heterocycles. The van der Waals surface area contributed by atoms with Crippen molar-refractivity contribution in [3.8, 4) is 0 Å². The molecule has 1 aromatic carbocycles. The minimum atomic E-state index is -0.354. The van der Waals surface area contributed by atoms with Crippen LogP contribution in [0.5, 0.6) is 0 Å². The number of carbonyl (C=O) groups is 2. The summed E-state index contributed by atoms with van der Waals surface area (Å²) in [4.78, 5) is 25.6. The zero-order valence-electron chi connectivity index (χ0n) is 10.8. The molecule has 1 N–H and O–H groups in total. The first-order chi connectivity index (χ1) is 9.22. The van der Waals surface area contributed by atoms with Gasteiger partial charge in [-0.2, -0.15) is 0 Å². The minimum absolute atomic E-state index is 0.0441. The van der Waals surface area contributed by atoms with Crippen molar-refractivity contribution in [1.29, 1.82) is 0 Å². The molecule has 19 heavy (non-hydrogen) atoms. The molecule has 0 spiro atoms. The van der Waals surface area contributed by atoms with Crippen LogP contribution in [-0.2, 0) is 16.1 Å². The van der Waals surface area contributed by atoms with E-state index in [4.69, 9.17) is 0 Å². The maximum absolute atomic E-state index is 12.0. The molecule has 2 rings (SSSR count). The van der Waals surface area contributed by atoms with Crippen LogP contribution in [0.4, 0.5) is 0 Å². The second-order valence-corrected chi connectivity index (χ2v) is 4.60. The zero-order valence-corrected chi connectivity index (χ0v) is 10.8. The summed E-state index contributed by atoms with van der Waals surface area (Å²) in [5, 5.41) is 2.76. The molecule has 1 unspecified atom stereocenters. The summed E-state index contributed by atoms with van der Waals surface area (Å²) in [5.41, 5.74) is 1.04. The monoisotopic (exact) mass is 258 g/mol. The predicted molar refractivity (Wildman–Crippen MR) is 73.2 cm³/mol. The summed E-state index contributed by atoms with van der Waals surface area (Å²) in [6.07, 6.45) is 2.67. The average molecular weight is 258 g/mol. The first-order valence-corrected chi connectivity index (χ1v) is 6.44. The van der Waals surface area contributed by atoms with Gasteiger partial charge in [-0.05, 0) is 12.0 Å². The SMILES string of the molecule is C=CCNC(=O)C1CCC(=O)N1Cc1ccccc1. The lowest BCUT2D eigenvalue weighted by molar-refractivity contribution is -0.135. The van der Waals surface area contributed by atoms with E-state index in [9.17, 15) is 9.59 Å². The molecule has 0 radical (unpaired) electrons. The Balaban J connectivity index is 2.05. The number of amides is 2. The number of hydrogen-bond acceptors (Lipinski definition) is 2. The minimum Gasteiger partial charge on any atom is -0.351 e. The molecule has 2 amide bonds. The number of rotatable bonds is 5. The molecular weight excluding hydrogens is 240 g/mol. The summed E-state index contributed by atoms with van der Waals surface area (Å²) >= 11 is 0. The highest BCUT2D eigenvalue weighted by Crippen LogP contribution is 2.21. The Morgan fingerprint density at radius 1 is 1.42 bits per heavy atom. The number of nitrogens with zero attached hydrogens (tertiary/aromatic N) is 1. The van der Waals surface area contributed by atoms with Gasteiger partial charge >= 0.3 is 0 Å².